The Morgan fingerprint density at radius 1 is 1.10 bits per heavy atom. The van der Waals surface area contributed by atoms with Gasteiger partial charge in [-0.2, -0.15) is 5.26 Å². The van der Waals surface area contributed by atoms with Crippen LogP contribution >= 0.6 is 0 Å². The molecule has 3 aromatic rings. The summed E-state index contributed by atoms with van der Waals surface area (Å²) in [6, 6.07) is 16.6. The van der Waals surface area contributed by atoms with Gasteiger partial charge in [-0.05, 0) is 76.4 Å². The number of hydrogen-bond acceptors (Lipinski definition) is 6. The third kappa shape index (κ3) is 6.21. The number of hydrogen-bond donors (Lipinski definition) is 1. The van der Waals surface area contributed by atoms with Crippen molar-refractivity contribution in [3.63, 3.8) is 0 Å². The van der Waals surface area contributed by atoms with Crippen LogP contribution in [0, 0.1) is 11.3 Å². The molecule has 2 fully saturated rings. The molecule has 0 bridgehead atoms. The molecule has 2 aromatic carbocycles. The number of nitrogens with one attached hydrogen (secondary N) is 1. The van der Waals surface area contributed by atoms with E-state index in [0.29, 0.717) is 23.9 Å². The number of carbonyl (C=O) groups excluding carboxylic acids is 1. The van der Waals surface area contributed by atoms with Gasteiger partial charge in [-0.25, -0.2) is 4.79 Å². The third-order valence-electron chi connectivity index (χ3n) is 7.76. The van der Waals surface area contributed by atoms with Crippen LogP contribution in [0.5, 0.6) is 5.75 Å². The summed E-state index contributed by atoms with van der Waals surface area (Å²) in [4.78, 5) is 16.9. The summed E-state index contributed by atoms with van der Waals surface area (Å²) in [5.41, 5.74) is 4.26. The summed E-state index contributed by atoms with van der Waals surface area (Å²) in [6.07, 6.45) is 3.71. The lowest BCUT2D eigenvalue weighted by Gasteiger charge is -2.32. The monoisotopic (exact) mass is 529 g/mol. The predicted octanol–water partition coefficient (Wildman–Crippen LogP) is 5.88. The summed E-state index contributed by atoms with van der Waals surface area (Å²) >= 11 is 0. The Bertz CT molecular complexity index is 1330. The Morgan fingerprint density at radius 3 is 2.49 bits per heavy atom. The molecule has 0 unspecified atom stereocenters. The summed E-state index contributed by atoms with van der Waals surface area (Å²) in [6.45, 7) is 9.86. The van der Waals surface area contributed by atoms with Crippen molar-refractivity contribution >= 4 is 22.7 Å². The third-order valence-corrected chi connectivity index (χ3v) is 7.76. The molecule has 8 nitrogen and oxygen atoms in total. The Balaban J connectivity index is 1.36. The fourth-order valence-electron chi connectivity index (χ4n) is 5.42. The van der Waals surface area contributed by atoms with Crippen LogP contribution in [0.4, 0.5) is 10.5 Å². The van der Waals surface area contributed by atoms with Gasteiger partial charge in [0.05, 0.1) is 29.5 Å². The van der Waals surface area contributed by atoms with Crippen molar-refractivity contribution in [2.75, 3.05) is 51.7 Å². The van der Waals surface area contributed by atoms with Gasteiger partial charge in [0.1, 0.15) is 11.8 Å². The summed E-state index contributed by atoms with van der Waals surface area (Å²) in [5, 5.41) is 13.9. The van der Waals surface area contributed by atoms with E-state index in [1.165, 1.54) is 6.42 Å². The molecule has 1 N–H and O–H groups in total. The molecule has 1 saturated heterocycles. The number of benzene rings is 2. The smallest absolute Gasteiger partial charge is 0.411 e. The van der Waals surface area contributed by atoms with Crippen molar-refractivity contribution in [1.29, 1.82) is 5.26 Å². The molecule has 1 saturated carbocycles. The van der Waals surface area contributed by atoms with Crippen LogP contribution in [0.25, 0.3) is 22.2 Å². The highest BCUT2D eigenvalue weighted by Gasteiger charge is 2.28. The number of ether oxygens (including phenoxy) is 2. The summed E-state index contributed by atoms with van der Waals surface area (Å²) in [7, 11) is 2.18. The number of likely N-dealkylation sites (N-methyl/N-ethyl adjacent to an activating group) is 1. The van der Waals surface area contributed by atoms with Crippen LogP contribution in [0.1, 0.15) is 51.1 Å². The lowest BCUT2D eigenvalue weighted by Crippen LogP contribution is -2.44. The van der Waals surface area contributed by atoms with E-state index in [2.05, 4.69) is 38.9 Å². The van der Waals surface area contributed by atoms with Crippen molar-refractivity contribution in [3.05, 3.63) is 48.0 Å². The van der Waals surface area contributed by atoms with E-state index in [4.69, 9.17) is 9.47 Å². The number of fused-ring (bicyclic) bond motifs is 1. The van der Waals surface area contributed by atoms with Crippen LogP contribution in [0.15, 0.2) is 42.5 Å². The van der Waals surface area contributed by atoms with E-state index in [1.54, 1.807) is 0 Å². The zero-order valence-corrected chi connectivity index (χ0v) is 23.3. The SMILES string of the molecule is CC(C)OC(=O)Nc1ccc(-c2c(C#N)c3ccc(OCCCN4CCN(C)CC4)cc3n2C2CCC2)cc1. The van der Waals surface area contributed by atoms with Crippen LogP contribution in [0.2, 0.25) is 0 Å². The maximum absolute atomic E-state index is 12.0. The lowest BCUT2D eigenvalue weighted by molar-refractivity contribution is 0.130. The zero-order valence-electron chi connectivity index (χ0n) is 23.3. The first-order chi connectivity index (χ1) is 18.9. The standard InChI is InChI=1S/C31H39N5O3/c1-22(2)39-31(37)33-24-10-8-23(9-11-24)30-28(21-32)27-13-12-26(20-29(27)36(30)25-6-4-7-25)38-19-5-14-35-17-15-34(3)16-18-35/h8-13,20,22,25H,4-7,14-19H2,1-3H3,(H,33,37). The van der Waals surface area contributed by atoms with Gasteiger partial charge in [0, 0.05) is 55.9 Å². The van der Waals surface area contributed by atoms with Gasteiger partial charge in [-0.3, -0.25) is 5.32 Å². The van der Waals surface area contributed by atoms with E-state index in [1.807, 2.05) is 50.2 Å². The minimum absolute atomic E-state index is 0.188. The largest absolute Gasteiger partial charge is 0.493 e. The number of anilines is 1. The lowest BCUT2D eigenvalue weighted by atomic mass is 9.92. The number of nitrogens with zero attached hydrogens (tertiary/aromatic N) is 4. The van der Waals surface area contributed by atoms with Gasteiger partial charge in [0.25, 0.3) is 0 Å². The molecule has 8 heteroatoms. The molecule has 1 aliphatic carbocycles. The second-order valence-electron chi connectivity index (χ2n) is 11.0. The van der Waals surface area contributed by atoms with Crippen LogP contribution < -0.4 is 10.1 Å². The van der Waals surface area contributed by atoms with Gasteiger partial charge in [-0.1, -0.05) is 12.1 Å². The van der Waals surface area contributed by atoms with Crippen LogP contribution in [0.3, 0.4) is 0 Å². The number of carbonyl (C=O) groups is 1. The molecule has 1 aromatic heterocycles. The van der Waals surface area contributed by atoms with E-state index in [9.17, 15) is 10.1 Å². The first-order valence-corrected chi connectivity index (χ1v) is 14.1. The molecule has 2 aliphatic rings. The maximum atomic E-state index is 12.0. The van der Waals surface area contributed by atoms with Gasteiger partial charge in [-0.15, -0.1) is 0 Å². The number of nitriles is 1. The average Bonchev–Trinajstić information content (AvgIpc) is 3.20. The Kier molecular flexibility index (Phi) is 8.39. The van der Waals surface area contributed by atoms with Gasteiger partial charge in [0.2, 0.25) is 0 Å². The predicted molar refractivity (Wildman–Crippen MR) is 154 cm³/mol. The first kappa shape index (κ1) is 27.0. The Morgan fingerprint density at radius 2 is 1.85 bits per heavy atom. The maximum Gasteiger partial charge on any atom is 0.411 e. The molecule has 0 radical (unpaired) electrons. The van der Waals surface area contributed by atoms with E-state index < -0.39 is 6.09 Å². The molecule has 206 valence electrons. The van der Waals surface area contributed by atoms with Crippen molar-refractivity contribution in [1.82, 2.24) is 14.4 Å². The molecule has 39 heavy (non-hydrogen) atoms. The van der Waals surface area contributed by atoms with Crippen LogP contribution in [-0.2, 0) is 4.74 Å². The number of rotatable bonds is 9. The van der Waals surface area contributed by atoms with Gasteiger partial charge < -0.3 is 23.8 Å². The van der Waals surface area contributed by atoms with Crippen molar-refractivity contribution in [3.8, 4) is 23.1 Å². The molecule has 1 amide bonds. The fraction of sp³-hybridized carbons (Fsp3) is 0.484. The van der Waals surface area contributed by atoms with Crippen molar-refractivity contribution < 1.29 is 14.3 Å². The normalized spacial score (nSPS) is 16.7. The van der Waals surface area contributed by atoms with Gasteiger partial charge in [0.15, 0.2) is 0 Å². The first-order valence-electron chi connectivity index (χ1n) is 14.1. The summed E-state index contributed by atoms with van der Waals surface area (Å²) in [5.74, 6) is 0.846. The van der Waals surface area contributed by atoms with Crippen molar-refractivity contribution in [2.45, 2.75) is 51.7 Å². The van der Waals surface area contributed by atoms with E-state index in [-0.39, 0.29) is 6.10 Å². The zero-order chi connectivity index (χ0) is 27.4. The van der Waals surface area contributed by atoms with Crippen molar-refractivity contribution in [2.24, 2.45) is 0 Å². The second kappa shape index (κ2) is 12.1. The number of aromatic nitrogens is 1. The molecule has 0 atom stereocenters. The van der Waals surface area contributed by atoms with Gasteiger partial charge >= 0.3 is 6.09 Å². The molecule has 0 spiro atoms. The Hall–Kier alpha value is -3.54. The number of amides is 1. The fourth-order valence-corrected chi connectivity index (χ4v) is 5.42. The highest BCUT2D eigenvalue weighted by atomic mass is 16.6. The Labute approximate surface area is 231 Å². The highest BCUT2D eigenvalue weighted by Crippen LogP contribution is 2.43. The average molecular weight is 530 g/mol. The van der Waals surface area contributed by atoms with Crippen LogP contribution in [-0.4, -0.2) is 72.9 Å². The van der Waals surface area contributed by atoms with E-state index in [0.717, 1.165) is 79.9 Å². The quantitative estimate of drug-likeness (QED) is 0.349. The second-order valence-corrected chi connectivity index (χ2v) is 11.0. The molecule has 2 heterocycles. The minimum Gasteiger partial charge on any atom is -0.493 e. The van der Waals surface area contributed by atoms with E-state index >= 15 is 0 Å². The minimum atomic E-state index is -0.477. The molecule has 5 rings (SSSR count). The number of piperazine rings is 1. The molecule has 1 aliphatic heterocycles. The highest BCUT2D eigenvalue weighted by molar-refractivity contribution is 5.96. The molecular weight excluding hydrogens is 490 g/mol. The molecular formula is C31H39N5O3. The summed E-state index contributed by atoms with van der Waals surface area (Å²) < 4.78 is 13.7. The topological polar surface area (TPSA) is 82.8 Å².